The monoisotopic (exact) mass is 598 g/mol. The van der Waals surface area contributed by atoms with Crippen LogP contribution in [0.1, 0.15) is 43.4 Å². The molecule has 0 saturated carbocycles. The number of ketones is 2. The third-order valence-electron chi connectivity index (χ3n) is 8.46. The predicted octanol–water partition coefficient (Wildman–Crippen LogP) is 7.63. The molecule has 202 valence electrons. The van der Waals surface area contributed by atoms with Crippen LogP contribution < -0.4 is 5.32 Å². The van der Waals surface area contributed by atoms with E-state index in [1.54, 1.807) is 36.4 Å². The quantitative estimate of drug-likeness (QED) is 0.245. The van der Waals surface area contributed by atoms with Gasteiger partial charge in [-0.2, -0.15) is 0 Å². The number of halogens is 3. The minimum absolute atomic E-state index is 0.168. The molecule has 4 atom stereocenters. The second kappa shape index (κ2) is 9.59. The Morgan fingerprint density at radius 2 is 1.49 bits per heavy atom. The first kappa shape index (κ1) is 26.0. The van der Waals surface area contributed by atoms with Crippen molar-refractivity contribution in [3.8, 4) is 0 Å². The van der Waals surface area contributed by atoms with Crippen LogP contribution in [0.15, 0.2) is 97.2 Å². The van der Waals surface area contributed by atoms with Crippen LogP contribution in [0.3, 0.4) is 0 Å². The number of amides is 1. The van der Waals surface area contributed by atoms with E-state index in [0.29, 0.717) is 16.3 Å². The first-order valence-corrected chi connectivity index (χ1v) is 14.2. The van der Waals surface area contributed by atoms with Gasteiger partial charge < -0.3 is 10.2 Å². The second-order valence-electron chi connectivity index (χ2n) is 10.4. The van der Waals surface area contributed by atoms with E-state index in [-0.39, 0.29) is 32.9 Å². The van der Waals surface area contributed by atoms with Crippen molar-refractivity contribution in [3.63, 3.8) is 0 Å². The fourth-order valence-electron chi connectivity index (χ4n) is 6.84. The number of rotatable bonds is 4. The summed E-state index contributed by atoms with van der Waals surface area (Å²) in [7, 11) is 0. The van der Waals surface area contributed by atoms with Crippen LogP contribution in [0, 0.1) is 5.92 Å². The molecule has 3 aliphatic rings. The molecule has 1 N–H and O–H groups in total. The number of anilines is 1. The molecule has 0 unspecified atom stereocenters. The van der Waals surface area contributed by atoms with Crippen molar-refractivity contribution in [2.24, 2.45) is 5.92 Å². The fraction of sp³-hybridized carbons (Fsp3) is 0.121. The summed E-state index contributed by atoms with van der Waals surface area (Å²) in [5, 5.41) is 3.83. The number of hydrogen-bond acceptors (Lipinski definition) is 4. The van der Waals surface area contributed by atoms with Gasteiger partial charge in [0.2, 0.25) is 5.91 Å². The van der Waals surface area contributed by atoms with E-state index in [9.17, 15) is 14.4 Å². The van der Waals surface area contributed by atoms with Crippen LogP contribution in [0.4, 0.5) is 5.69 Å². The Kier molecular flexibility index (Phi) is 6.09. The van der Waals surface area contributed by atoms with Gasteiger partial charge in [0.05, 0.1) is 22.0 Å². The van der Waals surface area contributed by atoms with Gasteiger partial charge in [-0.05, 0) is 59.2 Å². The number of Topliss-reactive ketones (excluding diaryl/α,β-unsaturated/α-hetero) is 2. The minimum atomic E-state index is -1.45. The number of carbonyl (C=O) groups excluding carboxylic acids is 3. The Morgan fingerprint density at radius 3 is 2.29 bits per heavy atom. The molecule has 8 heteroatoms. The van der Waals surface area contributed by atoms with E-state index in [1.807, 2.05) is 65.7 Å². The molecule has 3 heterocycles. The largest absolute Gasteiger partial charge is 0.358 e. The van der Waals surface area contributed by atoms with Gasteiger partial charge >= 0.3 is 0 Å². The maximum absolute atomic E-state index is 14.8. The number of nitrogens with zero attached hydrogens (tertiary/aromatic N) is 1. The van der Waals surface area contributed by atoms with Crippen molar-refractivity contribution in [2.75, 3.05) is 5.32 Å². The zero-order valence-electron chi connectivity index (χ0n) is 21.4. The van der Waals surface area contributed by atoms with Crippen molar-refractivity contribution >= 4 is 64.0 Å². The van der Waals surface area contributed by atoms with Crippen molar-refractivity contribution in [1.29, 1.82) is 0 Å². The molecule has 4 aromatic rings. The molecule has 4 aromatic carbocycles. The van der Waals surface area contributed by atoms with Crippen LogP contribution in [0.25, 0.3) is 6.08 Å². The zero-order valence-corrected chi connectivity index (χ0v) is 23.6. The van der Waals surface area contributed by atoms with E-state index >= 15 is 0 Å². The number of fused-ring (bicyclic) bond motifs is 6. The maximum atomic E-state index is 14.8. The summed E-state index contributed by atoms with van der Waals surface area (Å²) in [4.78, 5) is 45.7. The molecule has 7 rings (SSSR count). The average molecular weight is 600 g/mol. The molecular formula is C33H21Cl3N2O3. The van der Waals surface area contributed by atoms with Gasteiger partial charge in [-0.15, -0.1) is 0 Å². The topological polar surface area (TPSA) is 66.5 Å². The van der Waals surface area contributed by atoms with E-state index in [0.717, 1.165) is 11.1 Å². The average Bonchev–Trinajstić information content (AvgIpc) is 3.45. The Balaban J connectivity index is 1.56. The zero-order chi connectivity index (χ0) is 28.5. The highest BCUT2D eigenvalue weighted by Crippen LogP contribution is 2.62. The molecule has 0 radical (unpaired) electrons. The summed E-state index contributed by atoms with van der Waals surface area (Å²) < 4.78 is 0. The molecule has 1 fully saturated rings. The molecular weight excluding hydrogens is 579 g/mol. The van der Waals surface area contributed by atoms with Crippen LogP contribution in [-0.4, -0.2) is 28.4 Å². The van der Waals surface area contributed by atoms with Gasteiger partial charge in [-0.25, -0.2) is 0 Å². The van der Waals surface area contributed by atoms with Gasteiger partial charge in [-0.3, -0.25) is 14.4 Å². The molecule has 1 spiro atoms. The number of carbonyl (C=O) groups is 3. The molecule has 3 aliphatic heterocycles. The first-order chi connectivity index (χ1) is 19.8. The minimum Gasteiger partial charge on any atom is -0.358 e. The number of benzene rings is 4. The van der Waals surface area contributed by atoms with Gasteiger partial charge in [0.1, 0.15) is 11.5 Å². The highest BCUT2D eigenvalue weighted by Gasteiger charge is 2.70. The van der Waals surface area contributed by atoms with E-state index in [2.05, 4.69) is 5.32 Å². The normalized spacial score (nSPS) is 23.6. The Morgan fingerprint density at radius 1 is 0.780 bits per heavy atom. The summed E-state index contributed by atoms with van der Waals surface area (Å²) >= 11 is 19.3. The van der Waals surface area contributed by atoms with Gasteiger partial charge in [0, 0.05) is 28.0 Å². The lowest BCUT2D eigenvalue weighted by Gasteiger charge is -2.38. The summed E-state index contributed by atoms with van der Waals surface area (Å²) in [6, 6.07) is 24.7. The Bertz CT molecular complexity index is 1820. The third-order valence-corrected chi connectivity index (χ3v) is 9.33. The second-order valence-corrected chi connectivity index (χ2v) is 11.7. The highest BCUT2D eigenvalue weighted by atomic mass is 35.5. The van der Waals surface area contributed by atoms with E-state index in [1.165, 1.54) is 6.07 Å². The first-order valence-electron chi connectivity index (χ1n) is 13.1. The van der Waals surface area contributed by atoms with Crippen molar-refractivity contribution < 1.29 is 14.4 Å². The summed E-state index contributed by atoms with van der Waals surface area (Å²) in [6.07, 6.45) is 3.72. The lowest BCUT2D eigenvalue weighted by molar-refractivity contribution is -0.122. The van der Waals surface area contributed by atoms with E-state index < -0.39 is 29.2 Å². The Labute approximate surface area is 251 Å². The SMILES string of the molecule is O=C(c1ccc(Cl)cc1Cl)[C@@H]1[C@H](C(=O)c2ccccc2Cl)[C@]2(C(=O)Nc3ccccc32)[C@H]2c3ccccc3C=CN12. The smallest absolute Gasteiger partial charge is 0.238 e. The van der Waals surface area contributed by atoms with Crippen LogP contribution in [-0.2, 0) is 10.2 Å². The molecule has 5 nitrogen and oxygen atoms in total. The number of para-hydroxylation sites is 1. The number of hydrogen-bond donors (Lipinski definition) is 1. The lowest BCUT2D eigenvalue weighted by Crippen LogP contribution is -2.49. The molecule has 0 aromatic heterocycles. The molecule has 41 heavy (non-hydrogen) atoms. The molecule has 1 saturated heterocycles. The fourth-order valence-corrected chi connectivity index (χ4v) is 7.58. The van der Waals surface area contributed by atoms with Crippen molar-refractivity contribution in [3.05, 3.63) is 140 Å². The molecule has 0 aliphatic carbocycles. The van der Waals surface area contributed by atoms with Crippen molar-refractivity contribution in [2.45, 2.75) is 17.5 Å². The van der Waals surface area contributed by atoms with E-state index in [4.69, 9.17) is 34.8 Å². The Hall–Kier alpha value is -3.90. The van der Waals surface area contributed by atoms with Crippen LogP contribution in [0.5, 0.6) is 0 Å². The summed E-state index contributed by atoms with van der Waals surface area (Å²) in [5.74, 6) is -2.28. The van der Waals surface area contributed by atoms with Crippen molar-refractivity contribution in [1.82, 2.24) is 4.90 Å². The molecule has 1 amide bonds. The van der Waals surface area contributed by atoms with Gasteiger partial charge in [-0.1, -0.05) is 89.4 Å². The lowest BCUT2D eigenvalue weighted by atomic mass is 9.62. The highest BCUT2D eigenvalue weighted by molar-refractivity contribution is 6.37. The van der Waals surface area contributed by atoms with Crippen LogP contribution >= 0.6 is 34.8 Å². The van der Waals surface area contributed by atoms with Gasteiger partial charge in [0.15, 0.2) is 11.6 Å². The van der Waals surface area contributed by atoms with Gasteiger partial charge in [0.25, 0.3) is 0 Å². The number of nitrogens with one attached hydrogen (secondary N) is 1. The summed E-state index contributed by atoms with van der Waals surface area (Å²) in [6.45, 7) is 0. The maximum Gasteiger partial charge on any atom is 0.238 e. The standard InChI is InChI=1S/C33H21Cl3N2O3/c34-19-13-14-22(25(36)17-19)30(40)28-27(29(39)21-9-3-5-11-24(21)35)33(23-10-4-6-12-26(23)37-32(33)41)31-20-8-2-1-7-18(20)15-16-38(28)31/h1-17,27-28,31H,(H,37,41)/t27-,28+,31-,33+/m1/s1. The van der Waals surface area contributed by atoms with Crippen LogP contribution in [0.2, 0.25) is 15.1 Å². The predicted molar refractivity (Wildman–Crippen MR) is 161 cm³/mol. The summed E-state index contributed by atoms with van der Waals surface area (Å²) in [5.41, 5.74) is 2.03. The molecule has 0 bridgehead atoms. The third kappa shape index (κ3) is 3.66.